The van der Waals surface area contributed by atoms with Crippen LogP contribution in [-0.2, 0) is 12.8 Å². The van der Waals surface area contributed by atoms with Crippen LogP contribution in [0.15, 0.2) is 51.2 Å². The maximum atomic E-state index is 13.5. The number of rotatable bonds is 4. The third-order valence-corrected chi connectivity index (χ3v) is 5.57. The van der Waals surface area contributed by atoms with Crippen molar-refractivity contribution in [2.75, 3.05) is 0 Å². The van der Waals surface area contributed by atoms with Gasteiger partial charge in [-0.05, 0) is 57.9 Å². The van der Waals surface area contributed by atoms with Crippen molar-refractivity contribution in [2.24, 2.45) is 0 Å². The second-order valence-electron chi connectivity index (χ2n) is 8.85. The minimum Gasteiger partial charge on any atom is -0.508 e. The lowest BCUT2D eigenvalue weighted by Crippen LogP contribution is -2.39. The Hall–Kier alpha value is -3.25. The molecule has 6 nitrogen and oxygen atoms in total. The zero-order chi connectivity index (χ0) is 22.5. The summed E-state index contributed by atoms with van der Waals surface area (Å²) in [6.07, 6.45) is 2.36. The standard InChI is InChI=1S/C25H26O6/c1-13(2)5-7-17-23(28)18-9-14-10-22(25(3,4)29)30-20(14)12-21(18)31-24(17)16-8-6-15(26)11-19(16)27/h5-6,8-9,11-12,22,26-27,29H,7,10H2,1-4H3. The predicted molar refractivity (Wildman–Crippen MR) is 119 cm³/mol. The Labute approximate surface area is 180 Å². The van der Waals surface area contributed by atoms with E-state index in [0.717, 1.165) is 11.1 Å². The van der Waals surface area contributed by atoms with Crippen LogP contribution in [0.25, 0.3) is 22.3 Å². The van der Waals surface area contributed by atoms with Crippen molar-refractivity contribution in [3.05, 3.63) is 63.3 Å². The minimum atomic E-state index is -1.03. The Kier molecular flexibility index (Phi) is 5.06. The van der Waals surface area contributed by atoms with Gasteiger partial charge in [-0.3, -0.25) is 4.79 Å². The highest BCUT2D eigenvalue weighted by Gasteiger charge is 2.35. The van der Waals surface area contributed by atoms with Gasteiger partial charge >= 0.3 is 0 Å². The van der Waals surface area contributed by atoms with Crippen molar-refractivity contribution in [3.63, 3.8) is 0 Å². The van der Waals surface area contributed by atoms with Gasteiger partial charge in [0.1, 0.15) is 34.7 Å². The van der Waals surface area contributed by atoms with E-state index in [1.54, 1.807) is 26.0 Å². The Bertz CT molecular complexity index is 1260. The first kappa shape index (κ1) is 21.0. The molecule has 1 aliphatic rings. The summed E-state index contributed by atoms with van der Waals surface area (Å²) in [5, 5.41) is 30.8. The van der Waals surface area contributed by atoms with Crippen molar-refractivity contribution in [3.8, 4) is 28.6 Å². The third-order valence-electron chi connectivity index (χ3n) is 5.57. The number of aromatic hydroxyl groups is 2. The molecule has 1 unspecified atom stereocenters. The molecule has 31 heavy (non-hydrogen) atoms. The minimum absolute atomic E-state index is 0.0842. The van der Waals surface area contributed by atoms with Crippen LogP contribution in [0.5, 0.6) is 17.2 Å². The van der Waals surface area contributed by atoms with Crippen LogP contribution >= 0.6 is 0 Å². The summed E-state index contributed by atoms with van der Waals surface area (Å²) >= 11 is 0. The number of ether oxygens (including phenoxy) is 1. The van der Waals surface area contributed by atoms with Crippen LogP contribution in [0.2, 0.25) is 0 Å². The van der Waals surface area contributed by atoms with Gasteiger partial charge < -0.3 is 24.5 Å². The molecule has 0 fully saturated rings. The van der Waals surface area contributed by atoms with E-state index in [-0.39, 0.29) is 22.7 Å². The maximum Gasteiger partial charge on any atom is 0.196 e. The molecule has 3 N–H and O–H groups in total. The Morgan fingerprint density at radius 1 is 1.19 bits per heavy atom. The second-order valence-corrected chi connectivity index (χ2v) is 8.85. The van der Waals surface area contributed by atoms with Crippen molar-refractivity contribution < 1.29 is 24.5 Å². The van der Waals surface area contributed by atoms with E-state index in [4.69, 9.17) is 9.15 Å². The number of phenols is 2. The van der Waals surface area contributed by atoms with Crippen molar-refractivity contribution in [1.29, 1.82) is 0 Å². The molecule has 1 aromatic heterocycles. The maximum absolute atomic E-state index is 13.5. The molecule has 3 aromatic rings. The first-order valence-corrected chi connectivity index (χ1v) is 10.2. The fourth-order valence-corrected chi connectivity index (χ4v) is 3.78. The average Bonchev–Trinajstić information content (AvgIpc) is 3.09. The molecule has 0 aliphatic carbocycles. The highest BCUT2D eigenvalue weighted by Crippen LogP contribution is 2.39. The summed E-state index contributed by atoms with van der Waals surface area (Å²) in [7, 11) is 0. The molecule has 0 radical (unpaired) electrons. The molecule has 2 aromatic carbocycles. The molecule has 6 heteroatoms. The lowest BCUT2D eigenvalue weighted by atomic mass is 9.96. The molecule has 0 saturated carbocycles. The third kappa shape index (κ3) is 3.91. The number of hydrogen-bond acceptors (Lipinski definition) is 6. The van der Waals surface area contributed by atoms with E-state index in [1.165, 1.54) is 18.2 Å². The summed E-state index contributed by atoms with van der Waals surface area (Å²) in [4.78, 5) is 13.5. The fourth-order valence-electron chi connectivity index (χ4n) is 3.78. The van der Waals surface area contributed by atoms with Crippen LogP contribution in [0, 0.1) is 0 Å². The molecule has 162 valence electrons. The van der Waals surface area contributed by atoms with E-state index in [1.807, 2.05) is 19.9 Å². The van der Waals surface area contributed by atoms with Crippen LogP contribution in [0.1, 0.15) is 38.8 Å². The molecule has 0 bridgehead atoms. The van der Waals surface area contributed by atoms with E-state index in [0.29, 0.717) is 40.7 Å². The Balaban J connectivity index is 1.95. The Morgan fingerprint density at radius 2 is 1.94 bits per heavy atom. The van der Waals surface area contributed by atoms with Crippen molar-refractivity contribution in [1.82, 2.24) is 0 Å². The summed E-state index contributed by atoms with van der Waals surface area (Å²) in [6.45, 7) is 7.27. The summed E-state index contributed by atoms with van der Waals surface area (Å²) in [5.41, 5.74) is 1.77. The van der Waals surface area contributed by atoms with Crippen LogP contribution in [0.4, 0.5) is 0 Å². The predicted octanol–water partition coefficient (Wildman–Crippen LogP) is 4.45. The molecule has 0 amide bonds. The SMILES string of the molecule is CC(C)=CCc1c(-c2ccc(O)cc2O)oc2cc3c(cc2c1=O)CC(C(C)(C)O)O3. The average molecular weight is 422 g/mol. The number of aliphatic hydroxyl groups is 1. The molecule has 4 rings (SSSR count). The zero-order valence-corrected chi connectivity index (χ0v) is 18.0. The van der Waals surface area contributed by atoms with Gasteiger partial charge in [-0.2, -0.15) is 0 Å². The molecule has 0 saturated heterocycles. The smallest absolute Gasteiger partial charge is 0.196 e. The normalized spacial score (nSPS) is 15.6. The summed E-state index contributed by atoms with van der Waals surface area (Å²) < 4.78 is 12.1. The van der Waals surface area contributed by atoms with Crippen LogP contribution in [0.3, 0.4) is 0 Å². The van der Waals surface area contributed by atoms with Crippen molar-refractivity contribution in [2.45, 2.75) is 52.2 Å². The molecule has 1 aliphatic heterocycles. The highest BCUT2D eigenvalue weighted by molar-refractivity contribution is 5.84. The van der Waals surface area contributed by atoms with Crippen molar-refractivity contribution >= 4 is 11.0 Å². The topological polar surface area (TPSA) is 100 Å². The number of hydrogen-bond donors (Lipinski definition) is 3. The van der Waals surface area contributed by atoms with Gasteiger partial charge in [0.05, 0.1) is 16.6 Å². The largest absolute Gasteiger partial charge is 0.508 e. The second kappa shape index (κ2) is 7.46. The summed E-state index contributed by atoms with van der Waals surface area (Å²) in [6, 6.07) is 7.61. The van der Waals surface area contributed by atoms with Gasteiger partial charge in [0.2, 0.25) is 0 Å². The van der Waals surface area contributed by atoms with Crippen LogP contribution < -0.4 is 10.2 Å². The van der Waals surface area contributed by atoms with Gasteiger partial charge in [0.15, 0.2) is 5.43 Å². The van der Waals surface area contributed by atoms with E-state index >= 15 is 0 Å². The van der Waals surface area contributed by atoms with E-state index in [2.05, 4.69) is 0 Å². The Morgan fingerprint density at radius 3 is 2.58 bits per heavy atom. The molecule has 1 atom stereocenters. The van der Waals surface area contributed by atoms with Gasteiger partial charge in [-0.25, -0.2) is 0 Å². The van der Waals surface area contributed by atoms with Crippen LogP contribution in [-0.4, -0.2) is 27.0 Å². The van der Waals surface area contributed by atoms with Gasteiger partial charge in [-0.1, -0.05) is 11.6 Å². The molecule has 2 heterocycles. The monoisotopic (exact) mass is 422 g/mol. The number of allylic oxidation sites excluding steroid dienone is 2. The first-order valence-electron chi connectivity index (χ1n) is 10.2. The quantitative estimate of drug-likeness (QED) is 0.537. The molecule has 0 spiro atoms. The fraction of sp³-hybridized carbons (Fsp3) is 0.320. The zero-order valence-electron chi connectivity index (χ0n) is 18.0. The van der Waals surface area contributed by atoms with Gasteiger partial charge in [0, 0.05) is 24.1 Å². The molecular formula is C25H26O6. The highest BCUT2D eigenvalue weighted by atomic mass is 16.5. The lowest BCUT2D eigenvalue weighted by molar-refractivity contribution is -0.0229. The van der Waals surface area contributed by atoms with E-state index < -0.39 is 11.7 Å². The number of fused-ring (bicyclic) bond motifs is 2. The van der Waals surface area contributed by atoms with Gasteiger partial charge in [-0.15, -0.1) is 0 Å². The van der Waals surface area contributed by atoms with E-state index in [9.17, 15) is 20.1 Å². The summed E-state index contributed by atoms with van der Waals surface area (Å²) in [5.74, 6) is 0.560. The number of phenolic OH excluding ortho intramolecular Hbond substituents is 2. The number of benzene rings is 2. The first-order chi connectivity index (χ1) is 14.5. The molecular weight excluding hydrogens is 396 g/mol. The van der Waals surface area contributed by atoms with Gasteiger partial charge in [0.25, 0.3) is 0 Å². The lowest BCUT2D eigenvalue weighted by Gasteiger charge is -2.24.